The van der Waals surface area contributed by atoms with Gasteiger partial charge in [-0.3, -0.25) is 19.2 Å². The van der Waals surface area contributed by atoms with Crippen LogP contribution in [0.2, 0.25) is 0 Å². The van der Waals surface area contributed by atoms with E-state index in [-0.39, 0.29) is 63.5 Å². The lowest BCUT2D eigenvalue weighted by Crippen LogP contribution is -2.56. The molecular weight excluding hydrogens is 544 g/mol. The van der Waals surface area contributed by atoms with Crippen molar-refractivity contribution >= 4 is 34.7 Å². The number of likely N-dealkylation sites (tertiary alicyclic amines) is 1. The third-order valence-electron chi connectivity index (χ3n) is 8.41. The van der Waals surface area contributed by atoms with Gasteiger partial charge in [-0.1, -0.05) is 41.7 Å². The quantitative estimate of drug-likeness (QED) is 0.372. The number of hydrogen-bond acceptors (Lipinski definition) is 9. The van der Waals surface area contributed by atoms with E-state index in [0.717, 1.165) is 5.52 Å². The molecular formula is C29H34N6O7. The Hall–Kier alpha value is -4.10. The summed E-state index contributed by atoms with van der Waals surface area (Å²) in [4.78, 5) is 57.4. The van der Waals surface area contributed by atoms with Gasteiger partial charge in [-0.2, -0.15) is 0 Å². The highest BCUT2D eigenvalue weighted by Crippen LogP contribution is 2.55. The molecule has 6 atom stereocenters. The number of allylic oxidation sites excluding steroid dienone is 1. The number of aliphatic hydroxyl groups excluding tert-OH is 1. The topological polar surface area (TPSA) is 156 Å². The summed E-state index contributed by atoms with van der Waals surface area (Å²) in [6, 6.07) is 6.33. The van der Waals surface area contributed by atoms with E-state index in [1.165, 1.54) is 4.90 Å². The number of esters is 1. The number of aromatic nitrogens is 3. The van der Waals surface area contributed by atoms with E-state index < -0.39 is 41.7 Å². The highest BCUT2D eigenvalue weighted by Gasteiger charge is 2.73. The predicted molar refractivity (Wildman–Crippen MR) is 147 cm³/mol. The fraction of sp³-hybridized carbons (Fsp3) is 0.517. The van der Waals surface area contributed by atoms with Gasteiger partial charge in [-0.15, -0.1) is 5.10 Å². The molecule has 0 radical (unpaired) electrons. The molecule has 1 aromatic carbocycles. The Morgan fingerprint density at radius 3 is 2.81 bits per heavy atom. The van der Waals surface area contributed by atoms with E-state index in [2.05, 4.69) is 15.6 Å². The number of amides is 3. The van der Waals surface area contributed by atoms with Crippen molar-refractivity contribution in [3.8, 4) is 0 Å². The number of para-hydroxylation sites is 1. The summed E-state index contributed by atoms with van der Waals surface area (Å²) in [5.41, 5.74) is 0.0444. The third kappa shape index (κ3) is 4.75. The van der Waals surface area contributed by atoms with Crippen LogP contribution in [-0.2, 0) is 35.3 Å². The van der Waals surface area contributed by atoms with Gasteiger partial charge in [-0.25, -0.2) is 4.68 Å². The Morgan fingerprint density at radius 1 is 1.14 bits per heavy atom. The van der Waals surface area contributed by atoms with E-state index in [9.17, 15) is 24.3 Å². The van der Waals surface area contributed by atoms with Gasteiger partial charge < -0.3 is 29.7 Å². The number of hydrogen-bond donors (Lipinski definition) is 2. The molecule has 42 heavy (non-hydrogen) atoms. The summed E-state index contributed by atoms with van der Waals surface area (Å²) in [5, 5.41) is 20.8. The van der Waals surface area contributed by atoms with E-state index >= 15 is 0 Å². The molecule has 0 saturated carbocycles. The maximum Gasteiger partial charge on any atom is 0.313 e. The molecule has 13 heteroatoms. The molecule has 3 amide bonds. The summed E-state index contributed by atoms with van der Waals surface area (Å²) >= 11 is 0. The van der Waals surface area contributed by atoms with Crippen molar-refractivity contribution in [2.45, 2.75) is 56.7 Å². The number of cyclic esters (lactones) is 1. The molecule has 6 rings (SSSR count). The maximum absolute atomic E-state index is 14.6. The highest BCUT2D eigenvalue weighted by atomic mass is 16.6. The lowest BCUT2D eigenvalue weighted by atomic mass is 9.74. The summed E-state index contributed by atoms with van der Waals surface area (Å²) in [6.45, 7) is 1.96. The van der Waals surface area contributed by atoms with Crippen molar-refractivity contribution in [2.24, 2.45) is 11.8 Å². The van der Waals surface area contributed by atoms with Crippen molar-refractivity contribution in [1.29, 1.82) is 0 Å². The van der Waals surface area contributed by atoms with Crippen LogP contribution in [0.1, 0.15) is 26.2 Å². The first kappa shape index (κ1) is 28.0. The van der Waals surface area contributed by atoms with E-state index in [1.54, 1.807) is 28.7 Å². The molecule has 13 nitrogen and oxygen atoms in total. The Balaban J connectivity index is 1.40. The van der Waals surface area contributed by atoms with Crippen molar-refractivity contribution in [3.63, 3.8) is 0 Å². The van der Waals surface area contributed by atoms with Crippen LogP contribution in [0, 0.1) is 11.8 Å². The fourth-order valence-electron chi connectivity index (χ4n) is 6.47. The minimum Gasteiger partial charge on any atom is -0.460 e. The Labute approximate surface area is 242 Å². The van der Waals surface area contributed by atoms with Crippen LogP contribution < -0.4 is 5.32 Å². The molecule has 1 aromatic heterocycles. The number of rotatable bonds is 5. The standard InChI is InChI=1S/C29H34N6O7/c1-18-16-30-22(37)10-3-2-6-13-33(17-35-20-9-5-4-8-19(20)31-32-35)27(39)25-29-12-11-21(42-29)23(28(40)41-18)24(29)26(38)34(25)14-7-15-36/h2,4-6,8-9,11-12,18,21,23-25,36H,3,7,10,13-17H2,1H3,(H,30,37)/b6-2-/t18-,21+,23-,24-,25+,29-/m1/s1. The van der Waals surface area contributed by atoms with Crippen LogP contribution in [0.25, 0.3) is 11.0 Å². The molecule has 5 bridgehead atoms. The zero-order valence-corrected chi connectivity index (χ0v) is 23.3. The van der Waals surface area contributed by atoms with Gasteiger partial charge in [0.25, 0.3) is 5.91 Å². The summed E-state index contributed by atoms with van der Waals surface area (Å²) in [7, 11) is 0. The molecule has 222 valence electrons. The second kappa shape index (κ2) is 11.3. The second-order valence-electron chi connectivity index (χ2n) is 11.2. The molecule has 2 N–H and O–H groups in total. The van der Waals surface area contributed by atoms with E-state index in [1.807, 2.05) is 36.4 Å². The molecule has 4 aliphatic heterocycles. The number of ether oxygens (including phenoxy) is 2. The first-order valence-electron chi connectivity index (χ1n) is 14.3. The zero-order chi connectivity index (χ0) is 29.4. The molecule has 2 saturated heterocycles. The summed E-state index contributed by atoms with van der Waals surface area (Å²) in [6.07, 6.45) is 6.69. The van der Waals surface area contributed by atoms with Crippen LogP contribution in [-0.4, -0.2) is 104 Å². The van der Waals surface area contributed by atoms with Gasteiger partial charge in [0, 0.05) is 26.1 Å². The largest absolute Gasteiger partial charge is 0.460 e. The first-order chi connectivity index (χ1) is 20.3. The third-order valence-corrected chi connectivity index (χ3v) is 8.41. The molecule has 0 unspecified atom stereocenters. The van der Waals surface area contributed by atoms with Gasteiger partial charge >= 0.3 is 5.97 Å². The highest BCUT2D eigenvalue weighted by molar-refractivity contribution is 5.99. The van der Waals surface area contributed by atoms with Crippen molar-refractivity contribution in [3.05, 3.63) is 48.6 Å². The first-order valence-corrected chi connectivity index (χ1v) is 14.3. The minimum absolute atomic E-state index is 0.0412. The Kier molecular flexibility index (Phi) is 7.54. The maximum atomic E-state index is 14.6. The van der Waals surface area contributed by atoms with Crippen LogP contribution in [0.4, 0.5) is 0 Å². The molecule has 2 aromatic rings. The van der Waals surface area contributed by atoms with E-state index in [0.29, 0.717) is 11.9 Å². The number of carbonyl (C=O) groups excluding carboxylic acids is 4. The normalized spacial score (nSPS) is 32.4. The lowest BCUT2D eigenvalue weighted by molar-refractivity contribution is -0.158. The fourth-order valence-corrected chi connectivity index (χ4v) is 6.47. The van der Waals surface area contributed by atoms with Crippen LogP contribution in [0.3, 0.4) is 0 Å². The van der Waals surface area contributed by atoms with Gasteiger partial charge in [-0.05, 0) is 31.9 Å². The van der Waals surface area contributed by atoms with Crippen molar-refractivity contribution in [1.82, 2.24) is 30.1 Å². The van der Waals surface area contributed by atoms with Crippen LogP contribution in [0.5, 0.6) is 0 Å². The Morgan fingerprint density at radius 2 is 1.98 bits per heavy atom. The average Bonchev–Trinajstić information content (AvgIpc) is 3.73. The molecule has 5 heterocycles. The number of fused-ring (bicyclic) bond motifs is 3. The molecule has 4 aliphatic rings. The number of nitrogens with one attached hydrogen (secondary N) is 1. The number of carbonyl (C=O) groups is 4. The molecule has 2 fully saturated rings. The van der Waals surface area contributed by atoms with Crippen LogP contribution in [0.15, 0.2) is 48.6 Å². The average molecular weight is 579 g/mol. The molecule has 0 aliphatic carbocycles. The molecule has 1 spiro atoms. The van der Waals surface area contributed by atoms with Gasteiger partial charge in [0.1, 0.15) is 35.9 Å². The van der Waals surface area contributed by atoms with Crippen molar-refractivity contribution in [2.75, 3.05) is 26.2 Å². The number of aliphatic hydroxyl groups is 1. The minimum atomic E-state index is -1.37. The number of benzene rings is 1. The smallest absolute Gasteiger partial charge is 0.313 e. The monoisotopic (exact) mass is 578 g/mol. The lowest BCUT2D eigenvalue weighted by Gasteiger charge is -2.35. The van der Waals surface area contributed by atoms with Gasteiger partial charge in [0.05, 0.1) is 24.1 Å². The summed E-state index contributed by atoms with van der Waals surface area (Å²) in [5.74, 6) is -3.48. The van der Waals surface area contributed by atoms with Crippen molar-refractivity contribution < 1.29 is 33.8 Å². The van der Waals surface area contributed by atoms with E-state index in [4.69, 9.17) is 9.47 Å². The number of nitrogens with zero attached hydrogens (tertiary/aromatic N) is 5. The second-order valence-corrected chi connectivity index (χ2v) is 11.2. The van der Waals surface area contributed by atoms with Crippen LogP contribution >= 0.6 is 0 Å². The SMILES string of the molecule is C[C@@H]1CNC(=O)CC/C=C\CN(Cn2nnc3ccccc32)C(=O)[C@@H]2N(CCCO)C(=O)[C@H]3[C@H](C(=O)O1)[C@@H]1C=C[C@]23O1. The summed E-state index contributed by atoms with van der Waals surface area (Å²) < 4.78 is 13.7. The van der Waals surface area contributed by atoms with Gasteiger partial charge in [0.2, 0.25) is 11.8 Å². The zero-order valence-electron chi connectivity index (χ0n) is 23.3. The van der Waals surface area contributed by atoms with Gasteiger partial charge in [0.15, 0.2) is 0 Å². The predicted octanol–water partition coefficient (Wildman–Crippen LogP) is 0.148. The Bertz CT molecular complexity index is 1450.